The molecular weight excluding hydrogens is 472 g/mol. The summed E-state index contributed by atoms with van der Waals surface area (Å²) in [6, 6.07) is 9.67. The van der Waals surface area contributed by atoms with Gasteiger partial charge < -0.3 is 10.1 Å². The molecule has 1 aliphatic rings. The number of hydrogen-bond acceptors (Lipinski definition) is 7. The summed E-state index contributed by atoms with van der Waals surface area (Å²) in [4.78, 5) is 30.2. The van der Waals surface area contributed by atoms with Gasteiger partial charge >= 0.3 is 0 Å². The minimum atomic E-state index is -0.233. The van der Waals surface area contributed by atoms with E-state index in [0.29, 0.717) is 23.8 Å². The second-order valence-electron chi connectivity index (χ2n) is 7.40. The molecule has 1 amide bonds. The van der Waals surface area contributed by atoms with Crippen molar-refractivity contribution in [1.29, 1.82) is 0 Å². The van der Waals surface area contributed by atoms with Crippen LogP contribution in [0.25, 0.3) is 10.9 Å². The lowest BCUT2D eigenvalue weighted by Crippen LogP contribution is -2.39. The number of nitrogens with one attached hydrogen (secondary N) is 1. The number of pyridine rings is 1. The second kappa shape index (κ2) is 10.6. The Morgan fingerprint density at radius 3 is 2.91 bits per heavy atom. The number of morpholine rings is 1. The van der Waals surface area contributed by atoms with Crippen LogP contribution in [0.15, 0.2) is 59.9 Å². The SMILES string of the molecule is C=CC(=O)N(CCCN1CCOCC1)c1nc(Nc2cccc(Br)c2)c2ccncc2n1. The Hall–Kier alpha value is -2.88. The van der Waals surface area contributed by atoms with E-state index in [1.807, 2.05) is 30.3 Å². The van der Waals surface area contributed by atoms with E-state index in [9.17, 15) is 4.79 Å². The number of aromatic nitrogens is 3. The Kier molecular flexibility index (Phi) is 7.41. The van der Waals surface area contributed by atoms with Crippen molar-refractivity contribution < 1.29 is 9.53 Å². The molecule has 3 heterocycles. The molecule has 1 aromatic carbocycles. The van der Waals surface area contributed by atoms with Crippen molar-refractivity contribution in [3.8, 4) is 0 Å². The molecule has 0 bridgehead atoms. The molecule has 1 N–H and O–H groups in total. The van der Waals surface area contributed by atoms with Gasteiger partial charge in [0.1, 0.15) is 5.82 Å². The van der Waals surface area contributed by atoms with E-state index in [1.165, 1.54) is 6.08 Å². The Bertz CT molecular complexity index is 1100. The molecule has 0 atom stereocenters. The van der Waals surface area contributed by atoms with E-state index in [1.54, 1.807) is 17.3 Å². The Morgan fingerprint density at radius 1 is 1.28 bits per heavy atom. The summed E-state index contributed by atoms with van der Waals surface area (Å²) < 4.78 is 6.36. The van der Waals surface area contributed by atoms with Crippen LogP contribution in [0.3, 0.4) is 0 Å². The Labute approximate surface area is 195 Å². The predicted molar refractivity (Wildman–Crippen MR) is 129 cm³/mol. The van der Waals surface area contributed by atoms with Crippen LogP contribution >= 0.6 is 15.9 Å². The van der Waals surface area contributed by atoms with Crippen molar-refractivity contribution in [3.63, 3.8) is 0 Å². The van der Waals surface area contributed by atoms with Gasteiger partial charge in [-0.25, -0.2) is 4.98 Å². The number of nitrogens with zero attached hydrogens (tertiary/aromatic N) is 5. The number of rotatable bonds is 8. The molecule has 0 saturated carbocycles. The van der Waals surface area contributed by atoms with E-state index >= 15 is 0 Å². The average Bonchev–Trinajstić information content (AvgIpc) is 2.82. The van der Waals surface area contributed by atoms with Crippen molar-refractivity contribution >= 4 is 50.2 Å². The summed E-state index contributed by atoms with van der Waals surface area (Å²) in [5, 5.41) is 4.18. The third kappa shape index (κ3) is 5.48. The van der Waals surface area contributed by atoms with Crippen LogP contribution < -0.4 is 10.2 Å². The summed E-state index contributed by atoms with van der Waals surface area (Å²) >= 11 is 3.49. The Morgan fingerprint density at radius 2 is 2.12 bits per heavy atom. The first kappa shape index (κ1) is 22.3. The van der Waals surface area contributed by atoms with Crippen molar-refractivity contribution in [2.75, 3.05) is 49.6 Å². The fraction of sp³-hybridized carbons (Fsp3) is 0.304. The summed E-state index contributed by atoms with van der Waals surface area (Å²) in [6.45, 7) is 8.35. The number of carbonyl (C=O) groups excluding carboxylic acids is 1. The first-order chi connectivity index (χ1) is 15.6. The number of ether oxygens (including phenoxy) is 1. The Balaban J connectivity index is 1.62. The van der Waals surface area contributed by atoms with Gasteiger partial charge in [-0.05, 0) is 36.8 Å². The van der Waals surface area contributed by atoms with Crippen LogP contribution in [-0.2, 0) is 9.53 Å². The molecule has 0 unspecified atom stereocenters. The van der Waals surface area contributed by atoms with Crippen molar-refractivity contribution in [3.05, 3.63) is 59.9 Å². The zero-order chi connectivity index (χ0) is 22.3. The lowest BCUT2D eigenvalue weighted by molar-refractivity contribution is -0.114. The smallest absolute Gasteiger partial charge is 0.252 e. The van der Waals surface area contributed by atoms with Crippen molar-refractivity contribution in [1.82, 2.24) is 19.9 Å². The molecule has 1 aliphatic heterocycles. The third-order valence-electron chi connectivity index (χ3n) is 5.22. The number of hydrogen-bond donors (Lipinski definition) is 1. The lowest BCUT2D eigenvalue weighted by atomic mass is 10.2. The molecule has 3 aromatic rings. The highest BCUT2D eigenvalue weighted by Gasteiger charge is 2.19. The summed E-state index contributed by atoms with van der Waals surface area (Å²) in [5.74, 6) is 0.707. The first-order valence-corrected chi connectivity index (χ1v) is 11.3. The molecule has 1 saturated heterocycles. The molecule has 0 spiro atoms. The minimum Gasteiger partial charge on any atom is -0.379 e. The number of fused-ring (bicyclic) bond motifs is 1. The average molecular weight is 497 g/mol. The van der Waals surface area contributed by atoms with Gasteiger partial charge in [-0.1, -0.05) is 28.6 Å². The molecule has 4 rings (SSSR count). The quantitative estimate of drug-likeness (QED) is 0.475. The van der Waals surface area contributed by atoms with Crippen molar-refractivity contribution in [2.45, 2.75) is 6.42 Å². The van der Waals surface area contributed by atoms with Gasteiger partial charge in [-0.2, -0.15) is 4.98 Å². The van der Waals surface area contributed by atoms with Crippen LogP contribution in [0, 0.1) is 0 Å². The number of anilines is 3. The summed E-state index contributed by atoms with van der Waals surface area (Å²) in [7, 11) is 0. The fourth-order valence-electron chi connectivity index (χ4n) is 3.58. The van der Waals surface area contributed by atoms with Crippen LogP contribution in [0.2, 0.25) is 0 Å². The summed E-state index contributed by atoms with van der Waals surface area (Å²) in [5.41, 5.74) is 1.53. The fourth-order valence-corrected chi connectivity index (χ4v) is 3.98. The monoisotopic (exact) mass is 496 g/mol. The maximum absolute atomic E-state index is 12.7. The molecular formula is C23H25BrN6O2. The third-order valence-corrected chi connectivity index (χ3v) is 5.71. The molecule has 1 fully saturated rings. The molecule has 2 aromatic heterocycles. The molecule has 0 aliphatic carbocycles. The van der Waals surface area contributed by atoms with Crippen LogP contribution in [-0.4, -0.2) is 65.2 Å². The molecule has 0 radical (unpaired) electrons. The number of amides is 1. The molecule has 32 heavy (non-hydrogen) atoms. The molecule has 9 heteroatoms. The molecule has 166 valence electrons. The number of carbonyl (C=O) groups is 1. The second-order valence-corrected chi connectivity index (χ2v) is 8.32. The zero-order valence-corrected chi connectivity index (χ0v) is 19.3. The highest BCUT2D eigenvalue weighted by molar-refractivity contribution is 9.10. The van der Waals surface area contributed by atoms with Gasteiger partial charge in [0.2, 0.25) is 5.95 Å². The maximum Gasteiger partial charge on any atom is 0.252 e. The topological polar surface area (TPSA) is 83.5 Å². The van der Waals surface area contributed by atoms with E-state index in [4.69, 9.17) is 9.72 Å². The van der Waals surface area contributed by atoms with Gasteiger partial charge in [0, 0.05) is 47.9 Å². The summed E-state index contributed by atoms with van der Waals surface area (Å²) in [6.07, 6.45) is 5.47. The predicted octanol–water partition coefficient (Wildman–Crippen LogP) is 3.77. The number of benzene rings is 1. The van der Waals surface area contributed by atoms with Gasteiger partial charge in [-0.15, -0.1) is 0 Å². The standard InChI is InChI=1S/C23H25BrN6O2/c1-2-21(31)30(10-4-9-29-11-13-32-14-12-29)23-27-20-16-25-8-7-19(20)22(28-23)26-18-6-3-5-17(24)15-18/h2-3,5-8,15-16H,1,4,9-14H2,(H,26,27,28). The lowest BCUT2D eigenvalue weighted by Gasteiger charge is -2.27. The largest absolute Gasteiger partial charge is 0.379 e. The minimum absolute atomic E-state index is 0.233. The van der Waals surface area contributed by atoms with Gasteiger partial charge in [0.15, 0.2) is 0 Å². The van der Waals surface area contributed by atoms with E-state index < -0.39 is 0 Å². The van der Waals surface area contributed by atoms with Crippen LogP contribution in [0.1, 0.15) is 6.42 Å². The normalized spacial score (nSPS) is 14.3. The number of halogens is 1. The van der Waals surface area contributed by atoms with Gasteiger partial charge in [0.05, 0.1) is 24.9 Å². The zero-order valence-electron chi connectivity index (χ0n) is 17.7. The van der Waals surface area contributed by atoms with E-state index in [0.717, 1.165) is 54.8 Å². The van der Waals surface area contributed by atoms with Crippen LogP contribution in [0.5, 0.6) is 0 Å². The molecule has 8 nitrogen and oxygen atoms in total. The first-order valence-electron chi connectivity index (χ1n) is 10.5. The van der Waals surface area contributed by atoms with E-state index in [-0.39, 0.29) is 5.91 Å². The maximum atomic E-state index is 12.7. The highest BCUT2D eigenvalue weighted by atomic mass is 79.9. The van der Waals surface area contributed by atoms with Crippen molar-refractivity contribution in [2.24, 2.45) is 0 Å². The van der Waals surface area contributed by atoms with Gasteiger partial charge in [-0.3, -0.25) is 19.6 Å². The highest BCUT2D eigenvalue weighted by Crippen LogP contribution is 2.27. The van der Waals surface area contributed by atoms with E-state index in [2.05, 4.69) is 42.7 Å². The van der Waals surface area contributed by atoms with Gasteiger partial charge in [0.25, 0.3) is 5.91 Å². The van der Waals surface area contributed by atoms with Crippen LogP contribution in [0.4, 0.5) is 17.5 Å².